The molecule has 0 unspecified atom stereocenters. The van der Waals surface area contributed by atoms with E-state index in [1.165, 1.54) is 18.2 Å². The van der Waals surface area contributed by atoms with Gasteiger partial charge in [-0.05, 0) is 24.3 Å². The number of benzene rings is 2. The van der Waals surface area contributed by atoms with Gasteiger partial charge in [-0.3, -0.25) is 4.79 Å². The number of aldehydes is 1. The fourth-order valence-electron chi connectivity index (χ4n) is 1.62. The first-order chi connectivity index (χ1) is 8.99. The van der Waals surface area contributed by atoms with Gasteiger partial charge in [-0.2, -0.15) is 0 Å². The Kier molecular flexibility index (Phi) is 3.60. The van der Waals surface area contributed by atoms with E-state index in [0.717, 1.165) is 6.92 Å². The zero-order valence-electron chi connectivity index (χ0n) is 10.3. The second kappa shape index (κ2) is 5.18. The number of carbonyl (C=O) groups excluding carboxylic acids is 1. The smallest absolute Gasteiger partial charge is 0.270 e. The summed E-state index contributed by atoms with van der Waals surface area (Å²) in [5.41, 5.74) is 0.353. The number of hydrogen-bond donors (Lipinski definition) is 0. The maximum Gasteiger partial charge on any atom is 0.270 e. The van der Waals surface area contributed by atoms with E-state index in [-0.39, 0.29) is 5.56 Å². The van der Waals surface area contributed by atoms with Crippen LogP contribution in [0.15, 0.2) is 48.5 Å². The van der Waals surface area contributed by atoms with Crippen LogP contribution in [0.1, 0.15) is 22.8 Å². The molecule has 4 heteroatoms. The van der Waals surface area contributed by atoms with Crippen molar-refractivity contribution in [2.24, 2.45) is 0 Å². The van der Waals surface area contributed by atoms with Crippen LogP contribution in [-0.4, -0.2) is 6.29 Å². The highest BCUT2D eigenvalue weighted by atomic mass is 19.3. The normalized spacial score (nSPS) is 11.1. The Labute approximate surface area is 109 Å². The third kappa shape index (κ3) is 3.37. The molecule has 0 N–H and O–H groups in total. The van der Waals surface area contributed by atoms with Crippen LogP contribution >= 0.6 is 0 Å². The van der Waals surface area contributed by atoms with Gasteiger partial charge in [-0.25, -0.2) is 8.78 Å². The van der Waals surface area contributed by atoms with Crippen LogP contribution in [0.25, 0.3) is 0 Å². The van der Waals surface area contributed by atoms with Gasteiger partial charge >= 0.3 is 0 Å². The Bertz CT molecular complexity index is 589. The lowest BCUT2D eigenvalue weighted by molar-refractivity contribution is 0.0173. The van der Waals surface area contributed by atoms with Crippen LogP contribution < -0.4 is 4.74 Å². The van der Waals surface area contributed by atoms with E-state index in [1.54, 1.807) is 30.3 Å². The SMILES string of the molecule is CC(F)(F)c1cccc(Oc2cccc(C=O)c2)c1. The molecule has 0 aromatic heterocycles. The van der Waals surface area contributed by atoms with Crippen LogP contribution in [0.5, 0.6) is 11.5 Å². The van der Waals surface area contributed by atoms with E-state index >= 15 is 0 Å². The van der Waals surface area contributed by atoms with Crippen molar-refractivity contribution in [2.45, 2.75) is 12.8 Å². The lowest BCUT2D eigenvalue weighted by Crippen LogP contribution is -2.06. The molecule has 0 aliphatic carbocycles. The number of rotatable bonds is 4. The summed E-state index contributed by atoms with van der Waals surface area (Å²) in [5, 5.41) is 0. The molecule has 0 bridgehead atoms. The Hall–Kier alpha value is -2.23. The minimum atomic E-state index is -2.91. The highest BCUT2D eigenvalue weighted by Crippen LogP contribution is 2.31. The van der Waals surface area contributed by atoms with Crippen LogP contribution in [0.3, 0.4) is 0 Å². The molecule has 2 nitrogen and oxygen atoms in total. The molecular weight excluding hydrogens is 250 g/mol. The van der Waals surface area contributed by atoms with Crippen LogP contribution in [0.2, 0.25) is 0 Å². The van der Waals surface area contributed by atoms with Crippen molar-refractivity contribution >= 4 is 6.29 Å². The van der Waals surface area contributed by atoms with E-state index in [4.69, 9.17) is 4.74 Å². The highest BCUT2D eigenvalue weighted by molar-refractivity contribution is 5.75. The van der Waals surface area contributed by atoms with E-state index in [2.05, 4.69) is 0 Å². The minimum Gasteiger partial charge on any atom is -0.457 e. The van der Waals surface area contributed by atoms with Gasteiger partial charge in [0.2, 0.25) is 0 Å². The molecule has 0 spiro atoms. The van der Waals surface area contributed by atoms with Crippen molar-refractivity contribution in [1.29, 1.82) is 0 Å². The first kappa shape index (κ1) is 13.2. The molecule has 0 saturated heterocycles. The maximum absolute atomic E-state index is 13.2. The molecule has 2 aromatic carbocycles. The monoisotopic (exact) mass is 262 g/mol. The largest absolute Gasteiger partial charge is 0.457 e. The average molecular weight is 262 g/mol. The van der Waals surface area contributed by atoms with E-state index in [1.807, 2.05) is 0 Å². The summed E-state index contributed by atoms with van der Waals surface area (Å²) in [7, 11) is 0. The molecule has 0 aliphatic heterocycles. The summed E-state index contributed by atoms with van der Waals surface area (Å²) in [4.78, 5) is 10.6. The Morgan fingerprint density at radius 3 is 2.32 bits per heavy atom. The molecule has 0 aliphatic rings. The zero-order chi connectivity index (χ0) is 13.9. The molecule has 2 aromatic rings. The molecule has 2 rings (SSSR count). The maximum atomic E-state index is 13.2. The lowest BCUT2D eigenvalue weighted by atomic mass is 10.1. The first-order valence-electron chi connectivity index (χ1n) is 5.70. The Balaban J connectivity index is 2.25. The topological polar surface area (TPSA) is 26.3 Å². The number of alkyl halides is 2. The fraction of sp³-hybridized carbons (Fsp3) is 0.133. The quantitative estimate of drug-likeness (QED) is 0.763. The van der Waals surface area contributed by atoms with Crippen molar-refractivity contribution in [2.75, 3.05) is 0 Å². The average Bonchev–Trinajstić information content (AvgIpc) is 2.38. The third-order valence-corrected chi connectivity index (χ3v) is 2.57. The van der Waals surface area contributed by atoms with E-state index in [9.17, 15) is 13.6 Å². The molecule has 19 heavy (non-hydrogen) atoms. The van der Waals surface area contributed by atoms with Crippen molar-refractivity contribution in [3.63, 3.8) is 0 Å². The van der Waals surface area contributed by atoms with Crippen molar-refractivity contribution in [1.82, 2.24) is 0 Å². The van der Waals surface area contributed by atoms with Crippen LogP contribution in [-0.2, 0) is 5.92 Å². The molecule has 98 valence electrons. The fourth-order valence-corrected chi connectivity index (χ4v) is 1.62. The van der Waals surface area contributed by atoms with E-state index < -0.39 is 5.92 Å². The van der Waals surface area contributed by atoms with Crippen LogP contribution in [0.4, 0.5) is 8.78 Å². The molecular formula is C15H12F2O2. The van der Waals surface area contributed by atoms with Crippen LogP contribution in [0, 0.1) is 0 Å². The lowest BCUT2D eigenvalue weighted by Gasteiger charge is -2.12. The van der Waals surface area contributed by atoms with Gasteiger partial charge in [0.25, 0.3) is 5.92 Å². The van der Waals surface area contributed by atoms with Gasteiger partial charge in [0.1, 0.15) is 17.8 Å². The predicted octanol–water partition coefficient (Wildman–Crippen LogP) is 4.40. The third-order valence-electron chi connectivity index (χ3n) is 2.57. The number of hydrogen-bond acceptors (Lipinski definition) is 2. The zero-order valence-corrected chi connectivity index (χ0v) is 10.3. The van der Waals surface area contributed by atoms with Crippen molar-refractivity contribution < 1.29 is 18.3 Å². The predicted molar refractivity (Wildman–Crippen MR) is 67.9 cm³/mol. The summed E-state index contributed by atoms with van der Waals surface area (Å²) >= 11 is 0. The number of halogens is 2. The van der Waals surface area contributed by atoms with Gasteiger partial charge in [0.05, 0.1) is 0 Å². The van der Waals surface area contributed by atoms with E-state index in [0.29, 0.717) is 23.3 Å². The Morgan fingerprint density at radius 1 is 1.05 bits per heavy atom. The molecule has 0 fully saturated rings. The van der Waals surface area contributed by atoms with Gasteiger partial charge < -0.3 is 4.74 Å². The van der Waals surface area contributed by atoms with Gasteiger partial charge in [0.15, 0.2) is 0 Å². The summed E-state index contributed by atoms with van der Waals surface area (Å²) in [6.07, 6.45) is 0.698. The second-order valence-corrected chi connectivity index (χ2v) is 4.21. The molecule has 0 saturated carbocycles. The number of ether oxygens (including phenoxy) is 1. The highest BCUT2D eigenvalue weighted by Gasteiger charge is 2.24. The summed E-state index contributed by atoms with van der Waals surface area (Å²) in [5.74, 6) is -2.17. The van der Waals surface area contributed by atoms with Gasteiger partial charge in [-0.15, -0.1) is 0 Å². The van der Waals surface area contributed by atoms with Crippen molar-refractivity contribution in [3.8, 4) is 11.5 Å². The number of carbonyl (C=O) groups is 1. The van der Waals surface area contributed by atoms with Gasteiger partial charge in [0, 0.05) is 18.1 Å². The molecule has 0 heterocycles. The Morgan fingerprint density at radius 2 is 1.68 bits per heavy atom. The summed E-state index contributed by atoms with van der Waals surface area (Å²) < 4.78 is 31.8. The molecule has 0 amide bonds. The standard InChI is InChI=1S/C15H12F2O2/c1-15(16,17)12-5-3-7-14(9-12)19-13-6-2-4-11(8-13)10-18/h2-10H,1H3. The van der Waals surface area contributed by atoms with Gasteiger partial charge in [-0.1, -0.05) is 24.3 Å². The summed E-state index contributed by atoms with van der Waals surface area (Å²) in [6.45, 7) is 0.832. The summed E-state index contributed by atoms with van der Waals surface area (Å²) in [6, 6.07) is 12.2. The van der Waals surface area contributed by atoms with Crippen molar-refractivity contribution in [3.05, 3.63) is 59.7 Å². The molecule has 0 atom stereocenters. The minimum absolute atomic E-state index is 0.114. The molecule has 0 radical (unpaired) electrons. The first-order valence-corrected chi connectivity index (χ1v) is 5.70. The second-order valence-electron chi connectivity index (χ2n) is 4.21.